The monoisotopic (exact) mass is 376 g/mol. The Morgan fingerprint density at radius 1 is 1.21 bits per heavy atom. The minimum Gasteiger partial charge on any atom is -0.298 e. The first-order valence-corrected chi connectivity index (χ1v) is 8.71. The topological polar surface area (TPSA) is 49.4 Å². The van der Waals surface area contributed by atoms with Crippen molar-refractivity contribution >= 4 is 63.8 Å². The Morgan fingerprint density at radius 2 is 1.96 bits per heavy atom. The lowest BCUT2D eigenvalue weighted by molar-refractivity contribution is -0.122. The number of aryl methyl sites for hydroxylation is 2. The lowest BCUT2D eigenvalue weighted by atomic mass is 10.1. The third kappa shape index (κ3) is 3.13. The highest BCUT2D eigenvalue weighted by Gasteiger charge is 2.34. The summed E-state index contributed by atoms with van der Waals surface area (Å²) in [7, 11) is 0. The standard InChI is InChI=1S/C17H13ClN2O2S2/c1-9-3-5-11(7-14(9)18)20-16(22)13(15(21)19-17(20)23)8-12-6-4-10(2)24-12/h3-8H,1-2H3,(H,19,21,23)/b13-8-. The first-order valence-electron chi connectivity index (χ1n) is 7.11. The van der Waals surface area contributed by atoms with Gasteiger partial charge in [-0.05, 0) is 62.0 Å². The number of halogens is 1. The van der Waals surface area contributed by atoms with Crippen LogP contribution in [0.4, 0.5) is 5.69 Å². The number of hydrogen-bond acceptors (Lipinski definition) is 4. The maximum Gasteiger partial charge on any atom is 0.270 e. The fourth-order valence-corrected chi connectivity index (χ4v) is 3.56. The van der Waals surface area contributed by atoms with Gasteiger partial charge in [-0.25, -0.2) is 0 Å². The molecule has 0 radical (unpaired) electrons. The van der Waals surface area contributed by atoms with Crippen LogP contribution in [0.2, 0.25) is 5.02 Å². The number of thiophene rings is 1. The van der Waals surface area contributed by atoms with E-state index in [0.29, 0.717) is 10.7 Å². The molecular formula is C17H13ClN2O2S2. The van der Waals surface area contributed by atoms with E-state index in [9.17, 15) is 9.59 Å². The molecule has 4 nitrogen and oxygen atoms in total. The van der Waals surface area contributed by atoms with Crippen molar-refractivity contribution < 1.29 is 9.59 Å². The molecule has 7 heteroatoms. The Kier molecular flexibility index (Phi) is 4.54. The predicted octanol–water partition coefficient (Wildman–Crippen LogP) is 3.85. The Bertz CT molecular complexity index is 902. The third-order valence-corrected chi connectivity index (χ3v) is 5.20. The van der Waals surface area contributed by atoms with Gasteiger partial charge in [-0.1, -0.05) is 17.7 Å². The predicted molar refractivity (Wildman–Crippen MR) is 101 cm³/mol. The van der Waals surface area contributed by atoms with E-state index in [1.807, 2.05) is 26.0 Å². The number of thiocarbonyl (C=S) groups is 1. The molecule has 2 heterocycles. The molecule has 2 aromatic rings. The van der Waals surface area contributed by atoms with Crippen LogP contribution in [0.5, 0.6) is 0 Å². The second kappa shape index (κ2) is 6.47. The van der Waals surface area contributed by atoms with Gasteiger partial charge in [0.05, 0.1) is 5.69 Å². The zero-order valence-electron chi connectivity index (χ0n) is 12.9. The van der Waals surface area contributed by atoms with Gasteiger partial charge in [-0.3, -0.25) is 19.8 Å². The SMILES string of the molecule is Cc1ccc(/C=C2/C(=O)NC(=S)N(c3ccc(C)c(Cl)c3)C2=O)s1. The highest BCUT2D eigenvalue weighted by Crippen LogP contribution is 2.27. The molecule has 1 aliphatic heterocycles. The van der Waals surface area contributed by atoms with E-state index in [1.54, 1.807) is 24.3 Å². The smallest absolute Gasteiger partial charge is 0.270 e. The molecule has 3 rings (SSSR count). The molecule has 1 aromatic carbocycles. The van der Waals surface area contributed by atoms with Crippen molar-refractivity contribution in [3.63, 3.8) is 0 Å². The summed E-state index contributed by atoms with van der Waals surface area (Å²) >= 11 is 12.8. The third-order valence-electron chi connectivity index (χ3n) is 3.56. The zero-order valence-corrected chi connectivity index (χ0v) is 15.3. The highest BCUT2D eigenvalue weighted by molar-refractivity contribution is 7.80. The normalized spacial score (nSPS) is 16.7. The van der Waals surface area contributed by atoms with Crippen LogP contribution in [0.15, 0.2) is 35.9 Å². The first kappa shape index (κ1) is 16.8. The molecule has 1 saturated heterocycles. The molecule has 24 heavy (non-hydrogen) atoms. The van der Waals surface area contributed by atoms with Crippen LogP contribution in [0.25, 0.3) is 6.08 Å². The summed E-state index contributed by atoms with van der Waals surface area (Å²) in [5.41, 5.74) is 1.46. The summed E-state index contributed by atoms with van der Waals surface area (Å²) in [6.45, 7) is 3.83. The molecule has 2 amide bonds. The van der Waals surface area contributed by atoms with Crippen LogP contribution >= 0.6 is 35.2 Å². The summed E-state index contributed by atoms with van der Waals surface area (Å²) in [5.74, 6) is -0.958. The van der Waals surface area contributed by atoms with E-state index < -0.39 is 11.8 Å². The van der Waals surface area contributed by atoms with Crippen LogP contribution < -0.4 is 10.2 Å². The molecule has 1 aliphatic rings. The molecule has 1 fully saturated rings. The van der Waals surface area contributed by atoms with Crippen LogP contribution in [0.1, 0.15) is 15.3 Å². The van der Waals surface area contributed by atoms with Gasteiger partial charge in [0.15, 0.2) is 5.11 Å². The number of carbonyl (C=O) groups is 2. The molecule has 1 aromatic heterocycles. The summed E-state index contributed by atoms with van der Waals surface area (Å²) < 4.78 is 0. The number of nitrogens with zero attached hydrogens (tertiary/aromatic N) is 1. The number of amides is 2. The van der Waals surface area contributed by atoms with Crippen molar-refractivity contribution in [2.75, 3.05) is 4.90 Å². The summed E-state index contributed by atoms with van der Waals surface area (Å²) in [6.07, 6.45) is 1.58. The van der Waals surface area contributed by atoms with Crippen LogP contribution in [-0.4, -0.2) is 16.9 Å². The first-order chi connectivity index (χ1) is 11.4. The van der Waals surface area contributed by atoms with Crippen LogP contribution in [-0.2, 0) is 9.59 Å². The van der Waals surface area contributed by atoms with Gasteiger partial charge in [0.2, 0.25) is 0 Å². The Morgan fingerprint density at radius 3 is 2.58 bits per heavy atom. The van der Waals surface area contributed by atoms with Crippen molar-refractivity contribution in [3.8, 4) is 0 Å². The maximum absolute atomic E-state index is 12.8. The second-order valence-electron chi connectivity index (χ2n) is 5.34. The average Bonchev–Trinajstić information content (AvgIpc) is 2.92. The van der Waals surface area contributed by atoms with Crippen LogP contribution in [0, 0.1) is 13.8 Å². The van der Waals surface area contributed by atoms with E-state index in [-0.39, 0.29) is 10.7 Å². The molecule has 0 unspecified atom stereocenters. The van der Waals surface area contributed by atoms with E-state index in [0.717, 1.165) is 15.3 Å². The number of carbonyl (C=O) groups excluding carboxylic acids is 2. The summed E-state index contributed by atoms with van der Waals surface area (Å²) in [6, 6.07) is 9.01. The molecular weight excluding hydrogens is 364 g/mol. The maximum atomic E-state index is 12.8. The molecule has 122 valence electrons. The van der Waals surface area contributed by atoms with Crippen molar-refractivity contribution in [2.45, 2.75) is 13.8 Å². The molecule has 0 atom stereocenters. The summed E-state index contributed by atoms with van der Waals surface area (Å²) in [4.78, 5) is 28.2. The molecule has 0 aliphatic carbocycles. The van der Waals surface area contributed by atoms with Gasteiger partial charge >= 0.3 is 0 Å². The Balaban J connectivity index is 2.02. The fourth-order valence-electron chi connectivity index (χ4n) is 2.29. The van der Waals surface area contributed by atoms with Gasteiger partial charge in [-0.2, -0.15) is 0 Å². The Hall–Kier alpha value is -2.02. The summed E-state index contributed by atoms with van der Waals surface area (Å²) in [5, 5.41) is 3.13. The van der Waals surface area contributed by atoms with Gasteiger partial charge in [0.1, 0.15) is 5.57 Å². The lowest BCUT2D eigenvalue weighted by Gasteiger charge is -2.29. The van der Waals surface area contributed by atoms with Crippen molar-refractivity contribution in [3.05, 3.63) is 56.2 Å². The molecule has 1 N–H and O–H groups in total. The van der Waals surface area contributed by atoms with Gasteiger partial charge < -0.3 is 0 Å². The van der Waals surface area contributed by atoms with Crippen molar-refractivity contribution in [1.29, 1.82) is 0 Å². The quantitative estimate of drug-likeness (QED) is 0.492. The van der Waals surface area contributed by atoms with Crippen LogP contribution in [0.3, 0.4) is 0 Å². The number of anilines is 1. The fraction of sp³-hybridized carbons (Fsp3) is 0.118. The van der Waals surface area contributed by atoms with E-state index in [2.05, 4.69) is 5.32 Å². The van der Waals surface area contributed by atoms with Gasteiger partial charge in [-0.15, -0.1) is 11.3 Å². The minimum absolute atomic E-state index is 0.0437. The van der Waals surface area contributed by atoms with E-state index >= 15 is 0 Å². The largest absolute Gasteiger partial charge is 0.298 e. The Labute approximate surface area is 153 Å². The highest BCUT2D eigenvalue weighted by atomic mass is 35.5. The second-order valence-corrected chi connectivity index (χ2v) is 7.45. The van der Waals surface area contributed by atoms with Gasteiger partial charge in [0, 0.05) is 14.8 Å². The molecule has 0 saturated carbocycles. The van der Waals surface area contributed by atoms with Gasteiger partial charge in [0.25, 0.3) is 11.8 Å². The zero-order chi connectivity index (χ0) is 17.4. The minimum atomic E-state index is -0.495. The number of nitrogens with one attached hydrogen (secondary N) is 1. The van der Waals surface area contributed by atoms with E-state index in [1.165, 1.54) is 16.2 Å². The molecule has 0 bridgehead atoms. The number of rotatable bonds is 2. The molecule has 0 spiro atoms. The van der Waals surface area contributed by atoms with Crippen molar-refractivity contribution in [2.24, 2.45) is 0 Å². The number of hydrogen-bond donors (Lipinski definition) is 1. The van der Waals surface area contributed by atoms with Crippen molar-refractivity contribution in [1.82, 2.24) is 5.32 Å². The van der Waals surface area contributed by atoms with E-state index in [4.69, 9.17) is 23.8 Å². The lowest BCUT2D eigenvalue weighted by Crippen LogP contribution is -2.54. The number of benzene rings is 1. The average molecular weight is 377 g/mol.